The van der Waals surface area contributed by atoms with Gasteiger partial charge in [-0.15, -0.1) is 0 Å². The Morgan fingerprint density at radius 1 is 0.717 bits per heavy atom. The van der Waals surface area contributed by atoms with Crippen LogP contribution in [0.5, 0.6) is 0 Å². The maximum atomic E-state index is 6.24. The maximum Gasteiger partial charge on any atom is 0.145 e. The average molecular weight is 653 g/mol. The lowest BCUT2D eigenvalue weighted by Crippen LogP contribution is -2.47. The largest absolute Gasteiger partial charge is 0.397 e. The van der Waals surface area contributed by atoms with E-state index >= 15 is 0 Å². The number of rotatable bonds is 8. The van der Waals surface area contributed by atoms with Crippen molar-refractivity contribution in [1.82, 2.24) is 19.8 Å². The van der Waals surface area contributed by atoms with Crippen molar-refractivity contribution in [1.29, 1.82) is 0 Å². The number of fused-ring (bicyclic) bond motifs is 1. The second kappa shape index (κ2) is 13.9. The summed E-state index contributed by atoms with van der Waals surface area (Å²) in [5.41, 5.74) is 11.5. The number of para-hydroxylation sites is 3. The molecule has 0 aliphatic carbocycles. The molecule has 3 heterocycles. The van der Waals surface area contributed by atoms with Crippen LogP contribution in [-0.4, -0.2) is 65.1 Å². The smallest absolute Gasteiger partial charge is 0.145 e. The monoisotopic (exact) mass is 651 g/mol. The number of nitrogens with zero attached hydrogens (tertiary/aromatic N) is 5. The fourth-order valence-electron chi connectivity index (χ4n) is 6.79. The van der Waals surface area contributed by atoms with Crippen molar-refractivity contribution in [3.63, 3.8) is 0 Å². The Kier molecular flexibility index (Phi) is 9.26. The number of piperazine rings is 1. The molecule has 4 aromatic carbocycles. The van der Waals surface area contributed by atoms with E-state index in [9.17, 15) is 0 Å². The minimum absolute atomic E-state index is 0.135. The van der Waals surface area contributed by atoms with E-state index in [2.05, 4.69) is 74.6 Å². The molecule has 0 spiro atoms. The zero-order valence-corrected chi connectivity index (χ0v) is 27.3. The molecule has 46 heavy (non-hydrogen) atoms. The molecule has 0 saturated carbocycles. The van der Waals surface area contributed by atoms with E-state index in [1.807, 2.05) is 42.5 Å². The van der Waals surface area contributed by atoms with E-state index in [0.717, 1.165) is 103 Å². The highest BCUT2D eigenvalue weighted by molar-refractivity contribution is 6.30. The summed E-state index contributed by atoms with van der Waals surface area (Å²) >= 11 is 12.5. The molecule has 0 amide bonds. The van der Waals surface area contributed by atoms with Crippen LogP contribution < -0.4 is 16.0 Å². The second-order valence-electron chi connectivity index (χ2n) is 12.3. The molecule has 0 bridgehead atoms. The van der Waals surface area contributed by atoms with Gasteiger partial charge in [-0.05, 0) is 72.5 Å². The Morgan fingerprint density at radius 3 is 1.98 bits per heavy atom. The number of nitrogens with one attached hydrogen (secondary N) is 1. The first-order valence-corrected chi connectivity index (χ1v) is 16.8. The molecule has 236 valence electrons. The fourth-order valence-corrected chi connectivity index (χ4v) is 7.04. The minimum Gasteiger partial charge on any atom is -0.397 e. The Balaban J connectivity index is 1.04. The Morgan fingerprint density at radius 2 is 1.33 bits per heavy atom. The molecular weight excluding hydrogens is 613 g/mol. The molecule has 0 atom stereocenters. The second-order valence-corrected chi connectivity index (χ2v) is 13.2. The van der Waals surface area contributed by atoms with Gasteiger partial charge in [0.2, 0.25) is 0 Å². The quantitative estimate of drug-likeness (QED) is 0.168. The molecule has 0 radical (unpaired) electrons. The maximum absolute atomic E-state index is 6.24. The van der Waals surface area contributed by atoms with Crippen LogP contribution in [0.2, 0.25) is 10.0 Å². The van der Waals surface area contributed by atoms with E-state index in [1.54, 1.807) is 0 Å². The van der Waals surface area contributed by atoms with Gasteiger partial charge in [-0.2, -0.15) is 0 Å². The molecule has 2 fully saturated rings. The first kappa shape index (κ1) is 30.8. The number of nitrogens with two attached hydrogens (primary N) is 1. The van der Waals surface area contributed by atoms with Gasteiger partial charge in [-0.3, -0.25) is 9.80 Å². The number of halogens is 2. The van der Waals surface area contributed by atoms with Gasteiger partial charge in [0.1, 0.15) is 11.6 Å². The van der Waals surface area contributed by atoms with Gasteiger partial charge in [-0.25, -0.2) is 9.97 Å². The SMILES string of the molecule is Nc1ccccc1NC1CCN(c2nc(CN3CCN(C(c4ccc(Cl)cc4)c4ccc(Cl)cc4)CC3)nc3ccccc23)CC1. The summed E-state index contributed by atoms with van der Waals surface area (Å²) in [4.78, 5) is 17.7. The zero-order chi connectivity index (χ0) is 31.5. The molecule has 9 heteroatoms. The van der Waals surface area contributed by atoms with E-state index in [0.29, 0.717) is 6.04 Å². The van der Waals surface area contributed by atoms with Crippen LogP contribution in [0, 0.1) is 0 Å². The van der Waals surface area contributed by atoms with Crippen molar-refractivity contribution in [3.05, 3.63) is 124 Å². The van der Waals surface area contributed by atoms with Crippen molar-refractivity contribution in [3.8, 4) is 0 Å². The summed E-state index contributed by atoms with van der Waals surface area (Å²) in [5, 5.41) is 6.26. The van der Waals surface area contributed by atoms with E-state index in [1.165, 1.54) is 11.1 Å². The van der Waals surface area contributed by atoms with Gasteiger partial charge in [0.25, 0.3) is 0 Å². The molecule has 7 rings (SSSR count). The number of benzene rings is 4. The molecule has 7 nitrogen and oxygen atoms in total. The third-order valence-corrected chi connectivity index (χ3v) is 9.76. The predicted molar refractivity (Wildman–Crippen MR) is 191 cm³/mol. The van der Waals surface area contributed by atoms with Gasteiger partial charge in [-0.1, -0.05) is 71.7 Å². The standard InChI is InChI=1S/C37H39Cl2N7/c38-28-13-9-26(10-14-28)36(27-11-15-29(39)16-12-27)45-23-21-44(22-24-45)25-35-42-33-7-3-1-5-31(33)37(43-35)46-19-17-30(18-20-46)41-34-8-4-2-6-32(34)40/h1-16,30,36,41H,17-25,40H2. The number of aromatic nitrogens is 2. The van der Waals surface area contributed by atoms with Crippen molar-refractivity contribution < 1.29 is 0 Å². The summed E-state index contributed by atoms with van der Waals surface area (Å²) in [6.45, 7) is 6.32. The lowest BCUT2D eigenvalue weighted by atomic mass is 9.96. The Bertz CT molecular complexity index is 1720. The van der Waals surface area contributed by atoms with Crippen LogP contribution in [0.25, 0.3) is 10.9 Å². The van der Waals surface area contributed by atoms with E-state index in [-0.39, 0.29) is 6.04 Å². The van der Waals surface area contributed by atoms with Gasteiger partial charge in [0.15, 0.2) is 0 Å². The molecule has 5 aromatic rings. The lowest BCUT2D eigenvalue weighted by molar-refractivity contribution is 0.103. The van der Waals surface area contributed by atoms with Crippen LogP contribution in [0.15, 0.2) is 97.1 Å². The van der Waals surface area contributed by atoms with Gasteiger partial charge < -0.3 is 16.0 Å². The van der Waals surface area contributed by atoms with Crippen LogP contribution in [0.3, 0.4) is 0 Å². The van der Waals surface area contributed by atoms with E-state index < -0.39 is 0 Å². The highest BCUT2D eigenvalue weighted by Crippen LogP contribution is 2.32. The minimum atomic E-state index is 0.135. The molecule has 0 unspecified atom stereocenters. The number of hydrogen-bond acceptors (Lipinski definition) is 7. The molecule has 3 N–H and O–H groups in total. The molecular formula is C37H39Cl2N7. The van der Waals surface area contributed by atoms with Crippen molar-refractivity contribution >= 4 is 51.3 Å². The van der Waals surface area contributed by atoms with Gasteiger partial charge in [0.05, 0.1) is 29.5 Å². The Hall–Kier alpha value is -3.88. The van der Waals surface area contributed by atoms with Gasteiger partial charge in [0, 0.05) is 60.7 Å². The molecule has 2 aliphatic heterocycles. The van der Waals surface area contributed by atoms with Crippen molar-refractivity contribution in [2.75, 3.05) is 55.2 Å². The summed E-state index contributed by atoms with van der Waals surface area (Å²) in [6.07, 6.45) is 2.04. The molecule has 2 saturated heterocycles. The number of anilines is 3. The van der Waals surface area contributed by atoms with Crippen molar-refractivity contribution in [2.45, 2.75) is 31.5 Å². The van der Waals surface area contributed by atoms with Crippen LogP contribution in [0.4, 0.5) is 17.2 Å². The normalized spacial score (nSPS) is 16.7. The lowest BCUT2D eigenvalue weighted by Gasteiger charge is -2.39. The molecule has 1 aromatic heterocycles. The number of hydrogen-bond donors (Lipinski definition) is 2. The highest BCUT2D eigenvalue weighted by Gasteiger charge is 2.28. The fraction of sp³-hybridized carbons (Fsp3) is 0.297. The first-order chi connectivity index (χ1) is 22.5. The van der Waals surface area contributed by atoms with Crippen LogP contribution >= 0.6 is 23.2 Å². The molecule has 2 aliphatic rings. The third-order valence-electron chi connectivity index (χ3n) is 9.25. The highest BCUT2D eigenvalue weighted by atomic mass is 35.5. The predicted octanol–water partition coefficient (Wildman–Crippen LogP) is 7.51. The van der Waals surface area contributed by atoms with Crippen LogP contribution in [-0.2, 0) is 6.54 Å². The summed E-state index contributed by atoms with van der Waals surface area (Å²) in [5.74, 6) is 1.92. The summed E-state index contributed by atoms with van der Waals surface area (Å²) in [7, 11) is 0. The topological polar surface area (TPSA) is 73.6 Å². The average Bonchev–Trinajstić information content (AvgIpc) is 3.08. The van der Waals surface area contributed by atoms with Gasteiger partial charge >= 0.3 is 0 Å². The van der Waals surface area contributed by atoms with Crippen molar-refractivity contribution in [2.24, 2.45) is 0 Å². The summed E-state index contributed by atoms with van der Waals surface area (Å²) < 4.78 is 0. The van der Waals surface area contributed by atoms with E-state index in [4.69, 9.17) is 38.9 Å². The number of piperidine rings is 1. The zero-order valence-electron chi connectivity index (χ0n) is 25.8. The number of nitrogen functional groups attached to an aromatic ring is 1. The van der Waals surface area contributed by atoms with Crippen LogP contribution in [0.1, 0.15) is 35.8 Å². The summed E-state index contributed by atoms with van der Waals surface area (Å²) in [6, 6.07) is 33.4. The first-order valence-electron chi connectivity index (χ1n) is 16.1. The Labute approximate surface area is 281 Å². The third kappa shape index (κ3) is 6.93.